The summed E-state index contributed by atoms with van der Waals surface area (Å²) >= 11 is 9.24. The zero-order valence-corrected chi connectivity index (χ0v) is 11.3. The molecule has 2 aromatic rings. The highest BCUT2D eigenvalue weighted by Gasteiger charge is 2.17. The second kappa shape index (κ2) is 4.22. The number of hydrogen-bond donors (Lipinski definition) is 0. The van der Waals surface area contributed by atoms with Crippen LogP contribution >= 0.6 is 27.5 Å². The van der Waals surface area contributed by atoms with Crippen molar-refractivity contribution in [1.29, 1.82) is 0 Å². The molecule has 0 aliphatic rings. The molecule has 0 saturated carbocycles. The van der Waals surface area contributed by atoms with Crippen LogP contribution in [0.15, 0.2) is 24.4 Å². The molecule has 1 unspecified atom stereocenters. The number of alkyl halides is 1. The third kappa shape index (κ3) is 1.89. The van der Waals surface area contributed by atoms with E-state index in [-0.39, 0.29) is 10.6 Å². The zero-order valence-electron chi connectivity index (χ0n) is 9.00. The fourth-order valence-electron chi connectivity index (χ4n) is 1.77. The Balaban J connectivity index is 2.69. The number of Topliss-reactive ketones (excluding diaryl/α,β-unsaturated/α-hetero) is 1. The highest BCUT2D eigenvalue weighted by molar-refractivity contribution is 9.10. The molecule has 0 spiro atoms. The van der Waals surface area contributed by atoms with Crippen LogP contribution in [0.5, 0.6) is 0 Å². The van der Waals surface area contributed by atoms with Gasteiger partial charge in [0.25, 0.3) is 0 Å². The Morgan fingerprint density at radius 3 is 2.81 bits per heavy atom. The summed E-state index contributed by atoms with van der Waals surface area (Å²) in [5.41, 5.74) is 1.71. The van der Waals surface area contributed by atoms with Gasteiger partial charge in [-0.1, -0.05) is 33.6 Å². The van der Waals surface area contributed by atoms with Gasteiger partial charge in [0.2, 0.25) is 0 Å². The van der Waals surface area contributed by atoms with Gasteiger partial charge in [-0.05, 0) is 19.1 Å². The number of halogens is 2. The first-order chi connectivity index (χ1) is 7.50. The second-order valence-electron chi connectivity index (χ2n) is 3.80. The second-order valence-corrected chi connectivity index (χ2v) is 5.61. The largest absolute Gasteiger partial charge is 0.350 e. The standard InChI is InChI=1S/C12H11BrClNO/c1-7(13)12(16)10-6-15(2)11-5-8(14)3-4-9(10)11/h3-7H,1-2H3. The first kappa shape index (κ1) is 11.7. The minimum absolute atomic E-state index is 0.0907. The molecule has 4 heteroatoms. The van der Waals surface area contributed by atoms with Crippen molar-refractivity contribution in [2.75, 3.05) is 0 Å². The number of aromatic nitrogens is 1. The van der Waals surface area contributed by atoms with Crippen LogP contribution in [-0.4, -0.2) is 15.2 Å². The third-order valence-corrected chi connectivity index (χ3v) is 3.23. The number of ketones is 1. The van der Waals surface area contributed by atoms with Crippen LogP contribution in [-0.2, 0) is 7.05 Å². The Labute approximate surface area is 107 Å². The van der Waals surface area contributed by atoms with Crippen LogP contribution < -0.4 is 0 Å². The summed E-state index contributed by atoms with van der Waals surface area (Å²) in [4.78, 5) is 11.8. The van der Waals surface area contributed by atoms with Gasteiger partial charge in [0.15, 0.2) is 5.78 Å². The maximum atomic E-state index is 12.0. The first-order valence-corrected chi connectivity index (χ1v) is 6.23. The van der Waals surface area contributed by atoms with Crippen molar-refractivity contribution < 1.29 is 4.79 Å². The lowest BCUT2D eigenvalue weighted by Gasteiger charge is -2.00. The molecule has 84 valence electrons. The van der Waals surface area contributed by atoms with Crippen LogP contribution in [0.1, 0.15) is 17.3 Å². The monoisotopic (exact) mass is 299 g/mol. The van der Waals surface area contributed by atoms with E-state index < -0.39 is 0 Å². The maximum absolute atomic E-state index is 12.0. The Kier molecular flexibility index (Phi) is 3.08. The molecule has 0 radical (unpaired) electrons. The van der Waals surface area contributed by atoms with Crippen molar-refractivity contribution in [1.82, 2.24) is 4.57 Å². The number of hydrogen-bond acceptors (Lipinski definition) is 1. The summed E-state index contributed by atoms with van der Waals surface area (Å²) in [6.07, 6.45) is 1.85. The average Bonchev–Trinajstić information content (AvgIpc) is 2.55. The molecular formula is C12H11BrClNO. The van der Waals surface area contributed by atoms with Crippen molar-refractivity contribution in [3.05, 3.63) is 35.0 Å². The highest BCUT2D eigenvalue weighted by Crippen LogP contribution is 2.25. The van der Waals surface area contributed by atoms with Gasteiger partial charge >= 0.3 is 0 Å². The van der Waals surface area contributed by atoms with E-state index in [1.807, 2.05) is 36.9 Å². The Morgan fingerprint density at radius 1 is 1.50 bits per heavy atom. The number of nitrogens with zero attached hydrogens (tertiary/aromatic N) is 1. The van der Waals surface area contributed by atoms with E-state index in [0.29, 0.717) is 5.02 Å². The zero-order chi connectivity index (χ0) is 11.9. The molecule has 0 amide bonds. The van der Waals surface area contributed by atoms with E-state index in [9.17, 15) is 4.79 Å². The number of carbonyl (C=O) groups is 1. The Bertz CT molecular complexity index is 559. The van der Waals surface area contributed by atoms with Gasteiger partial charge in [0.1, 0.15) is 0 Å². The third-order valence-electron chi connectivity index (χ3n) is 2.58. The summed E-state index contributed by atoms with van der Waals surface area (Å²) in [7, 11) is 1.91. The molecule has 0 fully saturated rings. The molecule has 0 saturated heterocycles. The lowest BCUT2D eigenvalue weighted by molar-refractivity contribution is 0.0997. The van der Waals surface area contributed by atoms with Gasteiger partial charge in [-0.3, -0.25) is 4.79 Å². The van der Waals surface area contributed by atoms with Crippen molar-refractivity contribution in [2.45, 2.75) is 11.8 Å². The fourth-order valence-corrected chi connectivity index (χ4v) is 2.18. The Morgan fingerprint density at radius 2 is 2.19 bits per heavy atom. The molecule has 1 aromatic carbocycles. The average molecular weight is 301 g/mol. The number of fused-ring (bicyclic) bond motifs is 1. The summed E-state index contributed by atoms with van der Waals surface area (Å²) < 4.78 is 1.92. The van der Waals surface area contributed by atoms with E-state index in [4.69, 9.17) is 11.6 Å². The van der Waals surface area contributed by atoms with E-state index in [0.717, 1.165) is 16.5 Å². The topological polar surface area (TPSA) is 22.0 Å². The molecule has 2 nitrogen and oxygen atoms in total. The molecule has 0 bridgehead atoms. The summed E-state index contributed by atoms with van der Waals surface area (Å²) in [5.74, 6) is 0.0907. The summed E-state index contributed by atoms with van der Waals surface area (Å²) in [6, 6.07) is 5.56. The molecule has 1 atom stereocenters. The molecular weight excluding hydrogens is 289 g/mol. The normalized spacial score (nSPS) is 13.0. The predicted octanol–water partition coefficient (Wildman–Crippen LogP) is 3.80. The van der Waals surface area contributed by atoms with Gasteiger partial charge in [-0.25, -0.2) is 0 Å². The molecule has 16 heavy (non-hydrogen) atoms. The van der Waals surface area contributed by atoms with E-state index >= 15 is 0 Å². The molecule has 0 aliphatic carbocycles. The summed E-state index contributed by atoms with van der Waals surface area (Å²) in [5, 5.41) is 1.63. The van der Waals surface area contributed by atoms with Crippen LogP contribution in [0, 0.1) is 0 Å². The molecule has 2 rings (SSSR count). The highest BCUT2D eigenvalue weighted by atomic mass is 79.9. The first-order valence-electron chi connectivity index (χ1n) is 4.93. The van der Waals surface area contributed by atoms with Gasteiger partial charge in [0, 0.05) is 34.7 Å². The number of benzene rings is 1. The predicted molar refractivity (Wildman–Crippen MR) is 70.6 cm³/mol. The van der Waals surface area contributed by atoms with E-state index in [1.54, 1.807) is 6.07 Å². The van der Waals surface area contributed by atoms with Crippen LogP contribution in [0.3, 0.4) is 0 Å². The van der Waals surface area contributed by atoms with Gasteiger partial charge < -0.3 is 4.57 Å². The quantitative estimate of drug-likeness (QED) is 0.611. The number of carbonyl (C=O) groups excluding carboxylic acids is 1. The molecule has 0 N–H and O–H groups in total. The van der Waals surface area contributed by atoms with Crippen molar-refractivity contribution in [3.8, 4) is 0 Å². The molecule has 1 heterocycles. The van der Waals surface area contributed by atoms with Gasteiger partial charge in [-0.15, -0.1) is 0 Å². The maximum Gasteiger partial charge on any atom is 0.178 e. The molecule has 1 aromatic heterocycles. The van der Waals surface area contributed by atoms with Crippen molar-refractivity contribution in [2.24, 2.45) is 7.05 Å². The minimum atomic E-state index is -0.172. The van der Waals surface area contributed by atoms with Crippen LogP contribution in [0.25, 0.3) is 10.9 Å². The molecule has 0 aliphatic heterocycles. The van der Waals surface area contributed by atoms with Gasteiger partial charge in [-0.2, -0.15) is 0 Å². The Hall–Kier alpha value is -0.800. The van der Waals surface area contributed by atoms with E-state index in [1.165, 1.54) is 0 Å². The minimum Gasteiger partial charge on any atom is -0.350 e. The van der Waals surface area contributed by atoms with Crippen molar-refractivity contribution in [3.63, 3.8) is 0 Å². The van der Waals surface area contributed by atoms with Gasteiger partial charge in [0.05, 0.1) is 4.83 Å². The van der Waals surface area contributed by atoms with E-state index in [2.05, 4.69) is 15.9 Å². The summed E-state index contributed by atoms with van der Waals surface area (Å²) in [6.45, 7) is 1.83. The van der Waals surface area contributed by atoms with Crippen LogP contribution in [0.4, 0.5) is 0 Å². The lowest BCUT2D eigenvalue weighted by Crippen LogP contribution is -2.09. The SMILES string of the molecule is CC(Br)C(=O)c1cn(C)c2cc(Cl)ccc12. The number of rotatable bonds is 2. The number of aryl methyl sites for hydroxylation is 1. The lowest BCUT2D eigenvalue weighted by atomic mass is 10.1. The fraction of sp³-hybridized carbons (Fsp3) is 0.250. The van der Waals surface area contributed by atoms with Crippen molar-refractivity contribution >= 4 is 44.2 Å². The smallest absolute Gasteiger partial charge is 0.178 e. The van der Waals surface area contributed by atoms with Crippen LogP contribution in [0.2, 0.25) is 5.02 Å².